The Morgan fingerprint density at radius 2 is 2.12 bits per heavy atom. The third-order valence-corrected chi connectivity index (χ3v) is 6.37. The van der Waals surface area contributed by atoms with E-state index in [9.17, 15) is 8.42 Å². The van der Waals surface area contributed by atoms with E-state index in [1.54, 1.807) is 44.6 Å². The van der Waals surface area contributed by atoms with E-state index in [1.807, 2.05) is 17.5 Å². The molecule has 0 unspecified atom stereocenters. The van der Waals surface area contributed by atoms with Gasteiger partial charge >= 0.3 is 0 Å². The smallest absolute Gasteiger partial charge is 0.240 e. The molecule has 1 aromatic carbocycles. The molecule has 0 saturated heterocycles. The van der Waals surface area contributed by atoms with Crippen LogP contribution in [0.15, 0.2) is 53.0 Å². The molecule has 26 heavy (non-hydrogen) atoms. The lowest BCUT2D eigenvalue weighted by molar-refractivity contribution is 0.414. The van der Waals surface area contributed by atoms with E-state index in [2.05, 4.69) is 14.7 Å². The van der Waals surface area contributed by atoms with Gasteiger partial charge in [0.15, 0.2) is 0 Å². The number of hydrogen-bond donors (Lipinski definition) is 1. The van der Waals surface area contributed by atoms with E-state index in [0.29, 0.717) is 17.7 Å². The Balaban J connectivity index is 1.63. The van der Waals surface area contributed by atoms with E-state index in [-0.39, 0.29) is 11.4 Å². The number of sulfonamides is 1. The summed E-state index contributed by atoms with van der Waals surface area (Å²) in [7, 11) is -2.02. The van der Waals surface area contributed by atoms with Crippen molar-refractivity contribution in [2.45, 2.75) is 18.2 Å². The normalized spacial score (nSPS) is 11.5. The highest BCUT2D eigenvalue weighted by atomic mass is 32.2. The lowest BCUT2D eigenvalue weighted by Crippen LogP contribution is -2.26. The average Bonchev–Trinajstić information content (AvgIpc) is 3.11. The summed E-state index contributed by atoms with van der Waals surface area (Å²) in [6.07, 6.45) is 4.00. The highest BCUT2D eigenvalue weighted by Crippen LogP contribution is 2.23. The minimum absolute atomic E-state index is 0.257. The fourth-order valence-electron chi connectivity index (χ4n) is 2.49. The number of thiazole rings is 1. The molecule has 0 aliphatic carbocycles. The molecule has 3 aromatic rings. The SMILES string of the molecule is COc1ccc(S(=O)(=O)NCCc2csc(-c3cccnc3)n2)c(C)c1. The monoisotopic (exact) mass is 389 g/mol. The van der Waals surface area contributed by atoms with Crippen LogP contribution in [-0.4, -0.2) is 32.0 Å². The van der Waals surface area contributed by atoms with Crippen LogP contribution >= 0.6 is 11.3 Å². The third kappa shape index (κ3) is 4.27. The van der Waals surface area contributed by atoms with Crippen molar-refractivity contribution in [3.8, 4) is 16.3 Å². The van der Waals surface area contributed by atoms with E-state index in [0.717, 1.165) is 16.3 Å². The molecule has 0 radical (unpaired) electrons. The summed E-state index contributed by atoms with van der Waals surface area (Å²) in [6, 6.07) is 8.71. The van der Waals surface area contributed by atoms with Gasteiger partial charge in [-0.1, -0.05) is 0 Å². The summed E-state index contributed by atoms with van der Waals surface area (Å²) in [4.78, 5) is 8.88. The van der Waals surface area contributed by atoms with E-state index >= 15 is 0 Å². The molecule has 2 heterocycles. The molecule has 0 spiro atoms. The van der Waals surface area contributed by atoms with Crippen LogP contribution < -0.4 is 9.46 Å². The molecule has 3 rings (SSSR count). The zero-order chi connectivity index (χ0) is 18.6. The molecule has 8 heteroatoms. The topological polar surface area (TPSA) is 81.2 Å². The summed E-state index contributed by atoms with van der Waals surface area (Å²) in [5, 5.41) is 2.82. The van der Waals surface area contributed by atoms with Crippen molar-refractivity contribution in [1.29, 1.82) is 0 Å². The average molecular weight is 390 g/mol. The van der Waals surface area contributed by atoms with Gasteiger partial charge in [0.1, 0.15) is 10.8 Å². The van der Waals surface area contributed by atoms with Crippen LogP contribution in [0.1, 0.15) is 11.3 Å². The Morgan fingerprint density at radius 3 is 2.81 bits per heavy atom. The molecule has 0 aliphatic heterocycles. The first-order chi connectivity index (χ1) is 12.5. The van der Waals surface area contributed by atoms with Crippen LogP contribution in [0.3, 0.4) is 0 Å². The van der Waals surface area contributed by atoms with E-state index < -0.39 is 10.0 Å². The number of aromatic nitrogens is 2. The van der Waals surface area contributed by atoms with Gasteiger partial charge < -0.3 is 4.74 Å². The predicted octanol–water partition coefficient (Wildman–Crippen LogP) is 3.04. The molecule has 0 fully saturated rings. The maximum Gasteiger partial charge on any atom is 0.240 e. The number of benzene rings is 1. The van der Waals surface area contributed by atoms with Crippen molar-refractivity contribution in [3.63, 3.8) is 0 Å². The number of nitrogens with one attached hydrogen (secondary N) is 1. The van der Waals surface area contributed by atoms with Gasteiger partial charge in [0.05, 0.1) is 17.7 Å². The molecule has 0 bridgehead atoms. The second-order valence-corrected chi connectivity index (χ2v) is 8.26. The summed E-state index contributed by atoms with van der Waals surface area (Å²) in [5.41, 5.74) is 2.45. The number of ether oxygens (including phenoxy) is 1. The van der Waals surface area contributed by atoms with Crippen molar-refractivity contribution in [3.05, 3.63) is 59.4 Å². The fourth-order valence-corrected chi connectivity index (χ4v) is 4.59. The molecule has 0 saturated carbocycles. The highest BCUT2D eigenvalue weighted by molar-refractivity contribution is 7.89. The van der Waals surface area contributed by atoms with Gasteiger partial charge in [0.25, 0.3) is 0 Å². The summed E-state index contributed by atoms with van der Waals surface area (Å²) >= 11 is 1.52. The van der Waals surface area contributed by atoms with Gasteiger partial charge in [-0.15, -0.1) is 11.3 Å². The standard InChI is InChI=1S/C18H19N3O3S2/c1-13-10-16(24-2)5-6-17(13)26(22,23)20-9-7-15-12-25-18(21-15)14-4-3-8-19-11-14/h3-6,8,10-12,20H,7,9H2,1-2H3. The van der Waals surface area contributed by atoms with Crippen molar-refractivity contribution >= 4 is 21.4 Å². The second kappa shape index (κ2) is 7.94. The quantitative estimate of drug-likeness (QED) is 0.672. The van der Waals surface area contributed by atoms with Gasteiger partial charge in [0, 0.05) is 36.3 Å². The Labute approximate surface area is 157 Å². The minimum atomic E-state index is -3.57. The summed E-state index contributed by atoms with van der Waals surface area (Å²) in [6.45, 7) is 2.03. The predicted molar refractivity (Wildman–Crippen MR) is 102 cm³/mol. The molecule has 6 nitrogen and oxygen atoms in total. The Morgan fingerprint density at radius 1 is 1.27 bits per heavy atom. The number of pyridine rings is 1. The van der Waals surface area contributed by atoms with Gasteiger partial charge in [-0.25, -0.2) is 18.1 Å². The van der Waals surface area contributed by atoms with E-state index in [4.69, 9.17) is 4.74 Å². The van der Waals surface area contributed by atoms with Crippen LogP contribution in [0, 0.1) is 6.92 Å². The van der Waals surface area contributed by atoms with Crippen LogP contribution in [0.4, 0.5) is 0 Å². The number of nitrogens with zero attached hydrogens (tertiary/aromatic N) is 2. The maximum absolute atomic E-state index is 12.5. The first-order valence-electron chi connectivity index (χ1n) is 7.99. The van der Waals surface area contributed by atoms with Crippen molar-refractivity contribution in [2.24, 2.45) is 0 Å². The summed E-state index contributed by atoms with van der Waals surface area (Å²) < 4.78 is 32.7. The molecule has 0 amide bonds. The molecule has 0 atom stereocenters. The maximum atomic E-state index is 12.5. The van der Waals surface area contributed by atoms with Crippen LogP contribution in [0.5, 0.6) is 5.75 Å². The first-order valence-corrected chi connectivity index (χ1v) is 10.3. The van der Waals surface area contributed by atoms with Gasteiger partial charge in [-0.2, -0.15) is 0 Å². The first kappa shape index (κ1) is 18.5. The fraction of sp³-hybridized carbons (Fsp3) is 0.222. The zero-order valence-corrected chi connectivity index (χ0v) is 16.1. The Bertz CT molecular complexity index is 986. The molecule has 136 valence electrons. The third-order valence-electron chi connectivity index (χ3n) is 3.81. The second-order valence-electron chi connectivity index (χ2n) is 5.66. The Hall–Kier alpha value is -2.29. The van der Waals surface area contributed by atoms with E-state index in [1.165, 1.54) is 11.3 Å². The molecule has 2 aromatic heterocycles. The van der Waals surface area contributed by atoms with Crippen molar-refractivity contribution in [2.75, 3.05) is 13.7 Å². The lowest BCUT2D eigenvalue weighted by atomic mass is 10.2. The van der Waals surface area contributed by atoms with Crippen LogP contribution in [0.2, 0.25) is 0 Å². The van der Waals surface area contributed by atoms with Gasteiger partial charge in [0.2, 0.25) is 10.0 Å². The molecule has 1 N–H and O–H groups in total. The largest absolute Gasteiger partial charge is 0.497 e. The minimum Gasteiger partial charge on any atom is -0.497 e. The Kier molecular flexibility index (Phi) is 5.65. The zero-order valence-electron chi connectivity index (χ0n) is 14.5. The molecular formula is C18H19N3O3S2. The summed E-state index contributed by atoms with van der Waals surface area (Å²) in [5.74, 6) is 0.631. The van der Waals surface area contributed by atoms with Gasteiger partial charge in [-0.05, 0) is 42.8 Å². The molecule has 0 aliphatic rings. The molecular weight excluding hydrogens is 370 g/mol. The van der Waals surface area contributed by atoms with Crippen LogP contribution in [0.25, 0.3) is 10.6 Å². The number of aryl methyl sites for hydroxylation is 1. The van der Waals surface area contributed by atoms with Crippen LogP contribution in [-0.2, 0) is 16.4 Å². The number of rotatable bonds is 7. The highest BCUT2D eigenvalue weighted by Gasteiger charge is 2.17. The van der Waals surface area contributed by atoms with Crippen molar-refractivity contribution < 1.29 is 13.2 Å². The van der Waals surface area contributed by atoms with Crippen molar-refractivity contribution in [1.82, 2.24) is 14.7 Å². The van der Waals surface area contributed by atoms with Gasteiger partial charge in [-0.3, -0.25) is 4.98 Å². The number of methoxy groups -OCH3 is 1. The lowest BCUT2D eigenvalue weighted by Gasteiger charge is -2.10. The number of hydrogen-bond acceptors (Lipinski definition) is 6.